The molecule has 0 aliphatic carbocycles. The minimum atomic E-state index is -0.663. The van der Waals surface area contributed by atoms with Gasteiger partial charge in [0, 0.05) is 6.07 Å². The Bertz CT molecular complexity index is 1030. The number of methoxy groups -OCH3 is 1. The van der Waals surface area contributed by atoms with Crippen molar-refractivity contribution in [3.05, 3.63) is 48.5 Å². The van der Waals surface area contributed by atoms with Crippen LogP contribution in [0.5, 0.6) is 5.75 Å². The quantitative estimate of drug-likeness (QED) is 0.567. The number of para-hydroxylation sites is 2. The fraction of sp³-hybridized carbons (Fsp3) is 0.286. The maximum Gasteiger partial charge on any atom is 0.246 e. The Labute approximate surface area is 169 Å². The summed E-state index contributed by atoms with van der Waals surface area (Å²) in [4.78, 5) is 29.0. The largest absolute Gasteiger partial charge is 0.497 e. The Morgan fingerprint density at radius 1 is 1.17 bits per heavy atom. The van der Waals surface area contributed by atoms with Crippen LogP contribution in [0.25, 0.3) is 16.7 Å². The van der Waals surface area contributed by atoms with Gasteiger partial charge in [-0.3, -0.25) is 19.5 Å². The summed E-state index contributed by atoms with van der Waals surface area (Å²) in [6, 6.07) is 14.4. The van der Waals surface area contributed by atoms with Crippen molar-refractivity contribution in [1.29, 1.82) is 0 Å². The summed E-state index contributed by atoms with van der Waals surface area (Å²) in [7, 11) is 1.60. The Balaban J connectivity index is 1.86. The molecule has 3 rings (SSSR count). The number of nitrogens with two attached hydrogens (primary N) is 1. The number of carbonyl (C=O) groups is 2. The molecule has 0 aliphatic rings. The number of hydrogen-bond donors (Lipinski definition) is 3. The molecule has 0 bridgehead atoms. The van der Waals surface area contributed by atoms with Crippen LogP contribution in [0.2, 0.25) is 0 Å². The monoisotopic (exact) mass is 395 g/mol. The normalized spacial score (nSPS) is 12.0. The predicted molar refractivity (Wildman–Crippen MR) is 112 cm³/mol. The summed E-state index contributed by atoms with van der Waals surface area (Å²) in [5.74, 6) is 0.264. The Morgan fingerprint density at radius 3 is 2.66 bits per heavy atom. The van der Waals surface area contributed by atoms with Gasteiger partial charge in [-0.05, 0) is 30.2 Å². The van der Waals surface area contributed by atoms with Gasteiger partial charge in [0.05, 0.1) is 36.4 Å². The minimum Gasteiger partial charge on any atom is -0.497 e. The van der Waals surface area contributed by atoms with Gasteiger partial charge >= 0.3 is 0 Å². The van der Waals surface area contributed by atoms with Crippen LogP contribution in [0.4, 0.5) is 5.95 Å². The summed E-state index contributed by atoms with van der Waals surface area (Å²) >= 11 is 0. The lowest BCUT2D eigenvalue weighted by Crippen LogP contribution is -2.46. The van der Waals surface area contributed by atoms with Crippen LogP contribution in [-0.4, -0.2) is 41.1 Å². The molecule has 2 amide bonds. The molecule has 8 heteroatoms. The van der Waals surface area contributed by atoms with Gasteiger partial charge in [0.1, 0.15) is 5.75 Å². The zero-order valence-corrected chi connectivity index (χ0v) is 16.7. The van der Waals surface area contributed by atoms with Gasteiger partial charge in [0.15, 0.2) is 0 Å². The maximum atomic E-state index is 12.4. The number of aromatic nitrogens is 2. The van der Waals surface area contributed by atoms with Gasteiger partial charge in [-0.1, -0.05) is 32.0 Å². The van der Waals surface area contributed by atoms with E-state index in [1.807, 2.05) is 66.9 Å². The molecular formula is C21H25N5O3. The number of nitrogens with one attached hydrogen (secondary N) is 2. The van der Waals surface area contributed by atoms with E-state index in [2.05, 4.69) is 15.6 Å². The van der Waals surface area contributed by atoms with Gasteiger partial charge in [-0.15, -0.1) is 0 Å². The third-order valence-electron chi connectivity index (χ3n) is 4.57. The number of carbonyl (C=O) groups excluding carboxylic acids is 2. The second kappa shape index (κ2) is 8.74. The van der Waals surface area contributed by atoms with Crippen molar-refractivity contribution in [2.75, 3.05) is 19.0 Å². The first kappa shape index (κ1) is 20.3. The summed E-state index contributed by atoms with van der Waals surface area (Å²) in [5, 5.41) is 5.34. The van der Waals surface area contributed by atoms with Crippen LogP contribution in [0.3, 0.4) is 0 Å². The highest BCUT2D eigenvalue weighted by molar-refractivity contribution is 5.96. The molecule has 29 heavy (non-hydrogen) atoms. The Kier molecular flexibility index (Phi) is 6.13. The zero-order valence-electron chi connectivity index (χ0n) is 16.7. The molecule has 2 aromatic carbocycles. The van der Waals surface area contributed by atoms with E-state index < -0.39 is 11.9 Å². The highest BCUT2D eigenvalue weighted by Crippen LogP contribution is 2.26. The standard InChI is InChI=1S/C21H25N5O3/c1-13(2)19(22)20(28)23-12-18(27)25-21-24-16-9-4-5-10-17(16)26(21)14-7-6-8-15(11-14)29-3/h4-11,13,19H,12,22H2,1-3H3,(H,23,28)(H,24,25,27)/t19-/m0/s1. The number of nitrogens with zero attached hydrogens (tertiary/aromatic N) is 2. The Hall–Kier alpha value is -3.39. The molecular weight excluding hydrogens is 370 g/mol. The van der Waals surface area contributed by atoms with Crippen LogP contribution in [0.15, 0.2) is 48.5 Å². The molecule has 0 aliphatic heterocycles. The minimum absolute atomic E-state index is 0.0182. The number of ether oxygens (including phenoxy) is 1. The van der Waals surface area contributed by atoms with E-state index in [0.29, 0.717) is 11.7 Å². The van der Waals surface area contributed by atoms with Crippen molar-refractivity contribution in [1.82, 2.24) is 14.9 Å². The molecule has 0 unspecified atom stereocenters. The molecule has 0 saturated carbocycles. The third-order valence-corrected chi connectivity index (χ3v) is 4.57. The second-order valence-electron chi connectivity index (χ2n) is 7.00. The summed E-state index contributed by atoms with van der Waals surface area (Å²) in [5.41, 5.74) is 8.16. The maximum absolute atomic E-state index is 12.4. The number of amides is 2. The van der Waals surface area contributed by atoms with Gasteiger partial charge in [0.2, 0.25) is 17.8 Å². The first-order chi connectivity index (χ1) is 13.9. The molecule has 4 N–H and O–H groups in total. The number of fused-ring (bicyclic) bond motifs is 1. The lowest BCUT2D eigenvalue weighted by Gasteiger charge is -2.15. The lowest BCUT2D eigenvalue weighted by molar-refractivity contribution is -0.125. The third kappa shape index (κ3) is 4.55. The molecule has 3 aromatic rings. The van der Waals surface area contributed by atoms with E-state index in [0.717, 1.165) is 16.7 Å². The smallest absolute Gasteiger partial charge is 0.246 e. The molecule has 8 nitrogen and oxygen atoms in total. The van der Waals surface area contributed by atoms with Gasteiger partial charge < -0.3 is 15.8 Å². The second-order valence-corrected chi connectivity index (χ2v) is 7.00. The van der Waals surface area contributed by atoms with Gasteiger partial charge in [0.25, 0.3) is 0 Å². The van der Waals surface area contributed by atoms with Crippen LogP contribution in [0, 0.1) is 5.92 Å². The van der Waals surface area contributed by atoms with Crippen molar-refractivity contribution in [3.63, 3.8) is 0 Å². The predicted octanol–water partition coefficient (Wildman–Crippen LogP) is 2.07. The van der Waals surface area contributed by atoms with Crippen molar-refractivity contribution in [3.8, 4) is 11.4 Å². The molecule has 152 valence electrons. The van der Waals surface area contributed by atoms with E-state index in [9.17, 15) is 9.59 Å². The van der Waals surface area contributed by atoms with Crippen molar-refractivity contribution >= 4 is 28.8 Å². The number of imidazole rings is 1. The van der Waals surface area contributed by atoms with E-state index in [1.165, 1.54) is 0 Å². The molecule has 0 fully saturated rings. The molecule has 0 saturated heterocycles. The van der Waals surface area contributed by atoms with Crippen molar-refractivity contribution in [2.45, 2.75) is 19.9 Å². The van der Waals surface area contributed by atoms with Crippen LogP contribution < -0.4 is 21.1 Å². The van der Waals surface area contributed by atoms with Gasteiger partial charge in [-0.25, -0.2) is 4.98 Å². The summed E-state index contributed by atoms with van der Waals surface area (Å²) in [6.07, 6.45) is 0. The van der Waals surface area contributed by atoms with Crippen molar-refractivity contribution in [2.24, 2.45) is 11.7 Å². The van der Waals surface area contributed by atoms with Crippen LogP contribution in [-0.2, 0) is 9.59 Å². The lowest BCUT2D eigenvalue weighted by atomic mass is 10.1. The average molecular weight is 395 g/mol. The topological polar surface area (TPSA) is 111 Å². The number of hydrogen-bond acceptors (Lipinski definition) is 5. The Morgan fingerprint density at radius 2 is 1.93 bits per heavy atom. The molecule has 1 aromatic heterocycles. The molecule has 0 spiro atoms. The number of anilines is 1. The van der Waals surface area contributed by atoms with E-state index in [1.54, 1.807) is 7.11 Å². The fourth-order valence-corrected chi connectivity index (χ4v) is 2.88. The summed E-state index contributed by atoms with van der Waals surface area (Å²) in [6.45, 7) is 3.50. The first-order valence-electron chi connectivity index (χ1n) is 9.35. The van der Waals surface area contributed by atoms with Gasteiger partial charge in [-0.2, -0.15) is 0 Å². The van der Waals surface area contributed by atoms with E-state index in [-0.39, 0.29) is 18.4 Å². The van der Waals surface area contributed by atoms with E-state index >= 15 is 0 Å². The highest BCUT2D eigenvalue weighted by Gasteiger charge is 2.19. The first-order valence-corrected chi connectivity index (χ1v) is 9.35. The zero-order chi connectivity index (χ0) is 21.0. The molecule has 0 radical (unpaired) electrons. The summed E-state index contributed by atoms with van der Waals surface area (Å²) < 4.78 is 7.14. The fourth-order valence-electron chi connectivity index (χ4n) is 2.88. The average Bonchev–Trinajstić information content (AvgIpc) is 3.09. The van der Waals surface area contributed by atoms with Crippen LogP contribution in [0.1, 0.15) is 13.8 Å². The SMILES string of the molecule is COc1cccc(-n2c(NC(=O)CNC(=O)[C@@H](N)C(C)C)nc3ccccc32)c1. The van der Waals surface area contributed by atoms with Crippen LogP contribution >= 0.6 is 0 Å². The van der Waals surface area contributed by atoms with Crippen molar-refractivity contribution < 1.29 is 14.3 Å². The highest BCUT2D eigenvalue weighted by atomic mass is 16.5. The van der Waals surface area contributed by atoms with E-state index in [4.69, 9.17) is 10.5 Å². The number of rotatable bonds is 7. The molecule has 1 heterocycles. The molecule has 1 atom stereocenters. The number of benzene rings is 2.